The molecule has 0 spiro atoms. The molecule has 5 nitrogen and oxygen atoms in total. The third-order valence-corrected chi connectivity index (χ3v) is 6.55. The summed E-state index contributed by atoms with van der Waals surface area (Å²) in [5.74, 6) is 1.01. The Kier molecular flexibility index (Phi) is 4.93. The van der Waals surface area contributed by atoms with E-state index in [0.29, 0.717) is 28.6 Å². The molecule has 1 saturated heterocycles. The van der Waals surface area contributed by atoms with E-state index in [-0.39, 0.29) is 11.8 Å². The van der Waals surface area contributed by atoms with Crippen LogP contribution in [0, 0.1) is 11.3 Å². The first kappa shape index (κ1) is 16.3. The van der Waals surface area contributed by atoms with E-state index < -0.39 is 6.04 Å². The summed E-state index contributed by atoms with van der Waals surface area (Å²) in [6, 6.07) is 1.82. The van der Waals surface area contributed by atoms with E-state index in [2.05, 4.69) is 11.4 Å². The molecule has 122 valence electrons. The van der Waals surface area contributed by atoms with Crippen molar-refractivity contribution in [3.05, 3.63) is 16.0 Å². The fourth-order valence-corrected chi connectivity index (χ4v) is 5.50. The highest BCUT2D eigenvalue weighted by Gasteiger charge is 2.34. The van der Waals surface area contributed by atoms with Crippen molar-refractivity contribution in [2.45, 2.75) is 45.1 Å². The lowest BCUT2D eigenvalue weighted by molar-refractivity contribution is -0.135. The van der Waals surface area contributed by atoms with Gasteiger partial charge in [0, 0.05) is 17.1 Å². The van der Waals surface area contributed by atoms with Crippen LogP contribution in [0.4, 0.5) is 5.00 Å². The van der Waals surface area contributed by atoms with Crippen molar-refractivity contribution >= 4 is 39.9 Å². The molecule has 1 fully saturated rings. The molecule has 2 heterocycles. The van der Waals surface area contributed by atoms with Crippen LogP contribution in [-0.4, -0.2) is 34.4 Å². The Hall–Kier alpha value is -1.52. The lowest BCUT2D eigenvalue weighted by Gasteiger charge is -2.22. The molecular weight excluding hydrogens is 330 g/mol. The Labute approximate surface area is 144 Å². The molecule has 0 aromatic carbocycles. The molecule has 2 amide bonds. The molecule has 1 aromatic rings. The average molecular weight is 349 g/mol. The highest BCUT2D eigenvalue weighted by molar-refractivity contribution is 7.99. The smallest absolute Gasteiger partial charge is 0.248 e. The van der Waals surface area contributed by atoms with Crippen LogP contribution in [0.2, 0.25) is 0 Å². The van der Waals surface area contributed by atoms with Crippen molar-refractivity contribution in [2.24, 2.45) is 0 Å². The van der Waals surface area contributed by atoms with Gasteiger partial charge < -0.3 is 10.2 Å². The van der Waals surface area contributed by atoms with Gasteiger partial charge in [0.1, 0.15) is 17.1 Å². The summed E-state index contributed by atoms with van der Waals surface area (Å²) in [4.78, 5) is 27.4. The quantitative estimate of drug-likeness (QED) is 0.911. The Morgan fingerprint density at radius 1 is 1.39 bits per heavy atom. The number of amides is 2. The van der Waals surface area contributed by atoms with E-state index in [1.54, 1.807) is 23.6 Å². The van der Waals surface area contributed by atoms with E-state index in [0.717, 1.165) is 31.2 Å². The number of carbonyl (C=O) groups excluding carboxylic acids is 2. The molecule has 0 radical (unpaired) electrons. The molecule has 2 aliphatic rings. The summed E-state index contributed by atoms with van der Waals surface area (Å²) in [7, 11) is 0. The van der Waals surface area contributed by atoms with Crippen LogP contribution in [0.5, 0.6) is 0 Å². The monoisotopic (exact) mass is 349 g/mol. The predicted molar refractivity (Wildman–Crippen MR) is 92.6 cm³/mol. The SMILES string of the molecule is CCC(=O)N1CSC[C@@H]1C(=O)Nc1sc2c(c1C#N)CCCC2. The minimum absolute atomic E-state index is 0.00105. The van der Waals surface area contributed by atoms with Gasteiger partial charge in [-0.3, -0.25) is 9.59 Å². The number of anilines is 1. The number of nitrogens with zero attached hydrogens (tertiary/aromatic N) is 2. The second-order valence-electron chi connectivity index (χ2n) is 5.75. The molecule has 1 atom stereocenters. The van der Waals surface area contributed by atoms with Crippen LogP contribution in [0.1, 0.15) is 42.2 Å². The maximum atomic E-state index is 12.6. The Balaban J connectivity index is 1.79. The van der Waals surface area contributed by atoms with Gasteiger partial charge in [-0.15, -0.1) is 23.1 Å². The lowest BCUT2D eigenvalue weighted by atomic mass is 9.96. The molecule has 3 rings (SSSR count). The topological polar surface area (TPSA) is 73.2 Å². The maximum Gasteiger partial charge on any atom is 0.248 e. The molecule has 1 aliphatic carbocycles. The van der Waals surface area contributed by atoms with Crippen molar-refractivity contribution in [3.8, 4) is 6.07 Å². The highest BCUT2D eigenvalue weighted by atomic mass is 32.2. The highest BCUT2D eigenvalue weighted by Crippen LogP contribution is 2.38. The van der Waals surface area contributed by atoms with E-state index >= 15 is 0 Å². The normalized spacial score (nSPS) is 20.0. The van der Waals surface area contributed by atoms with Crippen molar-refractivity contribution in [1.29, 1.82) is 5.26 Å². The van der Waals surface area contributed by atoms with Gasteiger partial charge in [-0.1, -0.05) is 6.92 Å². The van der Waals surface area contributed by atoms with Crippen molar-refractivity contribution in [3.63, 3.8) is 0 Å². The van der Waals surface area contributed by atoms with Crippen molar-refractivity contribution < 1.29 is 9.59 Å². The zero-order valence-electron chi connectivity index (χ0n) is 13.1. The molecule has 1 aromatic heterocycles. The van der Waals surface area contributed by atoms with Crippen molar-refractivity contribution in [1.82, 2.24) is 4.90 Å². The van der Waals surface area contributed by atoms with Gasteiger partial charge in [0.15, 0.2) is 0 Å². The molecule has 0 bridgehead atoms. The van der Waals surface area contributed by atoms with E-state index in [1.807, 2.05) is 0 Å². The number of aryl methyl sites for hydroxylation is 1. The number of thioether (sulfide) groups is 1. The second-order valence-corrected chi connectivity index (χ2v) is 7.85. The molecule has 1 N–H and O–H groups in total. The number of nitrogens with one attached hydrogen (secondary N) is 1. The summed E-state index contributed by atoms with van der Waals surface area (Å²) in [5.41, 5.74) is 1.73. The van der Waals surface area contributed by atoms with Crippen LogP contribution >= 0.6 is 23.1 Å². The minimum atomic E-state index is -0.432. The number of hydrogen-bond acceptors (Lipinski definition) is 5. The van der Waals surface area contributed by atoms with Crippen LogP contribution < -0.4 is 5.32 Å². The molecule has 0 unspecified atom stereocenters. The van der Waals surface area contributed by atoms with Crippen LogP contribution in [0.25, 0.3) is 0 Å². The Morgan fingerprint density at radius 3 is 2.91 bits per heavy atom. The van der Waals surface area contributed by atoms with E-state index in [1.165, 1.54) is 16.2 Å². The lowest BCUT2D eigenvalue weighted by Crippen LogP contribution is -2.44. The number of nitriles is 1. The molecule has 23 heavy (non-hydrogen) atoms. The van der Waals surface area contributed by atoms with Gasteiger partial charge in [0.2, 0.25) is 11.8 Å². The number of hydrogen-bond donors (Lipinski definition) is 1. The van der Waals surface area contributed by atoms with E-state index in [4.69, 9.17) is 0 Å². The van der Waals surface area contributed by atoms with Gasteiger partial charge in [-0.2, -0.15) is 5.26 Å². The van der Waals surface area contributed by atoms with Gasteiger partial charge in [-0.05, 0) is 31.2 Å². The van der Waals surface area contributed by atoms with Crippen molar-refractivity contribution in [2.75, 3.05) is 16.9 Å². The van der Waals surface area contributed by atoms with Gasteiger partial charge in [-0.25, -0.2) is 0 Å². The molecule has 7 heteroatoms. The van der Waals surface area contributed by atoms with Crippen LogP contribution in [0.3, 0.4) is 0 Å². The molecule has 1 aliphatic heterocycles. The Morgan fingerprint density at radius 2 is 2.17 bits per heavy atom. The van der Waals surface area contributed by atoms with Gasteiger partial charge in [0.25, 0.3) is 0 Å². The number of rotatable bonds is 3. The van der Waals surface area contributed by atoms with E-state index in [9.17, 15) is 14.9 Å². The summed E-state index contributed by atoms with van der Waals surface area (Å²) >= 11 is 3.12. The Bertz CT molecular complexity index is 678. The third kappa shape index (κ3) is 3.10. The summed E-state index contributed by atoms with van der Waals surface area (Å²) in [6.07, 6.45) is 4.56. The summed E-state index contributed by atoms with van der Waals surface area (Å²) < 4.78 is 0. The maximum absolute atomic E-state index is 12.6. The molecule has 0 saturated carbocycles. The zero-order chi connectivity index (χ0) is 16.4. The summed E-state index contributed by atoms with van der Waals surface area (Å²) in [6.45, 7) is 1.81. The fourth-order valence-electron chi connectivity index (χ4n) is 3.08. The number of carbonyl (C=O) groups is 2. The van der Waals surface area contributed by atoms with Gasteiger partial charge >= 0.3 is 0 Å². The molecular formula is C16H19N3O2S2. The first-order valence-electron chi connectivity index (χ1n) is 7.88. The fraction of sp³-hybridized carbons (Fsp3) is 0.562. The predicted octanol–water partition coefficient (Wildman–Crippen LogP) is 2.75. The zero-order valence-corrected chi connectivity index (χ0v) is 14.7. The second kappa shape index (κ2) is 6.93. The summed E-state index contributed by atoms with van der Waals surface area (Å²) in [5, 5.41) is 13.0. The first-order chi connectivity index (χ1) is 11.2. The largest absolute Gasteiger partial charge is 0.321 e. The third-order valence-electron chi connectivity index (χ3n) is 4.33. The van der Waals surface area contributed by atoms with Gasteiger partial charge in [0.05, 0.1) is 11.4 Å². The minimum Gasteiger partial charge on any atom is -0.321 e. The standard InChI is InChI=1S/C16H19N3O2S2/c1-2-14(20)19-9-22-8-12(19)15(21)18-16-11(7-17)10-5-3-4-6-13(10)23-16/h12H,2-6,8-9H2,1H3,(H,18,21)/t12-/m1/s1. The number of thiophene rings is 1. The number of fused-ring (bicyclic) bond motifs is 1. The van der Waals surface area contributed by atoms with Crippen LogP contribution in [-0.2, 0) is 22.4 Å². The first-order valence-corrected chi connectivity index (χ1v) is 9.85. The van der Waals surface area contributed by atoms with Crippen LogP contribution in [0.15, 0.2) is 0 Å². The average Bonchev–Trinajstić information content (AvgIpc) is 3.18.